The third-order valence-corrected chi connectivity index (χ3v) is 5.17. The number of carboxylic acid groups (broad SMARTS) is 2. The number of amides is 4. The van der Waals surface area contributed by atoms with Gasteiger partial charge in [-0.15, -0.1) is 0 Å². The normalized spacial score (nSPS) is 14.5. The molecular formula is C19H33N5O8S. The van der Waals surface area contributed by atoms with Gasteiger partial charge in [-0.05, 0) is 30.8 Å². The highest BCUT2D eigenvalue weighted by Gasteiger charge is 2.32. The summed E-state index contributed by atoms with van der Waals surface area (Å²) in [6.45, 7) is 3.11. The molecular weight excluding hydrogens is 458 g/mol. The Bertz CT molecular complexity index is 733. The van der Waals surface area contributed by atoms with Gasteiger partial charge in [-0.25, -0.2) is 4.79 Å². The average Bonchev–Trinajstić information content (AvgIpc) is 2.71. The van der Waals surface area contributed by atoms with Crippen LogP contribution in [0.15, 0.2) is 0 Å². The molecule has 0 aliphatic heterocycles. The third-order valence-electron chi connectivity index (χ3n) is 4.52. The SMILES string of the molecule is CSCCC(NC(=O)C(N)CCC(N)=O)C(=O)NC(CC(=O)O)C(=O)NC(C(=O)O)C(C)C. The van der Waals surface area contributed by atoms with Gasteiger partial charge in [-0.1, -0.05) is 13.8 Å². The molecule has 4 unspecified atom stereocenters. The van der Waals surface area contributed by atoms with Crippen molar-refractivity contribution in [2.75, 3.05) is 12.0 Å². The smallest absolute Gasteiger partial charge is 0.326 e. The average molecular weight is 492 g/mol. The van der Waals surface area contributed by atoms with Gasteiger partial charge in [0.15, 0.2) is 0 Å². The predicted octanol–water partition coefficient (Wildman–Crippen LogP) is -2.00. The summed E-state index contributed by atoms with van der Waals surface area (Å²) in [7, 11) is 0. The molecule has 0 aliphatic carbocycles. The van der Waals surface area contributed by atoms with Crippen LogP contribution in [0.4, 0.5) is 0 Å². The molecule has 0 saturated heterocycles. The van der Waals surface area contributed by atoms with Crippen molar-refractivity contribution in [3.8, 4) is 0 Å². The van der Waals surface area contributed by atoms with Crippen molar-refractivity contribution in [3.63, 3.8) is 0 Å². The van der Waals surface area contributed by atoms with Crippen LogP contribution in [0.1, 0.15) is 39.5 Å². The highest BCUT2D eigenvalue weighted by molar-refractivity contribution is 7.98. The number of nitrogens with two attached hydrogens (primary N) is 2. The number of carboxylic acids is 2. The molecule has 0 saturated carbocycles. The van der Waals surface area contributed by atoms with Crippen LogP contribution in [-0.4, -0.2) is 82.0 Å². The first-order chi connectivity index (χ1) is 15.3. The summed E-state index contributed by atoms with van der Waals surface area (Å²) in [5.74, 6) is -5.95. The number of carbonyl (C=O) groups excluding carboxylic acids is 4. The fraction of sp³-hybridized carbons (Fsp3) is 0.684. The van der Waals surface area contributed by atoms with Crippen LogP contribution >= 0.6 is 11.8 Å². The quantitative estimate of drug-likeness (QED) is 0.125. The van der Waals surface area contributed by atoms with Crippen molar-refractivity contribution in [1.29, 1.82) is 0 Å². The van der Waals surface area contributed by atoms with Crippen LogP contribution < -0.4 is 27.4 Å². The van der Waals surface area contributed by atoms with Gasteiger partial charge in [-0.3, -0.25) is 24.0 Å². The highest BCUT2D eigenvalue weighted by Crippen LogP contribution is 2.06. The lowest BCUT2D eigenvalue weighted by Crippen LogP contribution is -2.58. The van der Waals surface area contributed by atoms with Crippen molar-refractivity contribution < 1.29 is 39.0 Å². The van der Waals surface area contributed by atoms with E-state index in [1.165, 1.54) is 11.8 Å². The molecule has 0 heterocycles. The number of rotatable bonds is 16. The first kappa shape index (κ1) is 30.1. The van der Waals surface area contributed by atoms with Gasteiger partial charge in [0.2, 0.25) is 23.6 Å². The van der Waals surface area contributed by atoms with E-state index in [1.807, 2.05) is 0 Å². The van der Waals surface area contributed by atoms with Gasteiger partial charge in [-0.2, -0.15) is 11.8 Å². The Labute approximate surface area is 195 Å². The Morgan fingerprint density at radius 1 is 0.879 bits per heavy atom. The number of thioether (sulfide) groups is 1. The molecule has 33 heavy (non-hydrogen) atoms. The number of primary amides is 1. The van der Waals surface area contributed by atoms with Crippen molar-refractivity contribution in [2.45, 2.75) is 63.7 Å². The summed E-state index contributed by atoms with van der Waals surface area (Å²) < 4.78 is 0. The van der Waals surface area contributed by atoms with E-state index < -0.39 is 72.1 Å². The van der Waals surface area contributed by atoms with Gasteiger partial charge in [0.05, 0.1) is 12.5 Å². The largest absolute Gasteiger partial charge is 0.481 e. The minimum Gasteiger partial charge on any atom is -0.481 e. The monoisotopic (exact) mass is 491 g/mol. The van der Waals surface area contributed by atoms with E-state index >= 15 is 0 Å². The Morgan fingerprint density at radius 2 is 1.42 bits per heavy atom. The van der Waals surface area contributed by atoms with Gasteiger partial charge < -0.3 is 37.6 Å². The molecule has 0 aromatic rings. The molecule has 0 aromatic heterocycles. The number of nitrogens with one attached hydrogen (secondary N) is 3. The van der Waals surface area contributed by atoms with E-state index in [2.05, 4.69) is 16.0 Å². The number of hydrogen-bond donors (Lipinski definition) is 7. The molecule has 9 N–H and O–H groups in total. The summed E-state index contributed by atoms with van der Waals surface area (Å²) in [6, 6.07) is -5.12. The third kappa shape index (κ3) is 12.1. The Morgan fingerprint density at radius 3 is 1.88 bits per heavy atom. The van der Waals surface area contributed by atoms with E-state index in [-0.39, 0.29) is 19.3 Å². The molecule has 4 atom stereocenters. The summed E-state index contributed by atoms with van der Waals surface area (Å²) in [4.78, 5) is 71.1. The van der Waals surface area contributed by atoms with E-state index in [1.54, 1.807) is 20.1 Å². The van der Waals surface area contributed by atoms with Crippen LogP contribution in [0.3, 0.4) is 0 Å². The maximum absolute atomic E-state index is 12.8. The molecule has 13 nitrogen and oxygen atoms in total. The topological polar surface area (TPSA) is 231 Å². The molecule has 0 bridgehead atoms. The zero-order chi connectivity index (χ0) is 25.7. The summed E-state index contributed by atoms with van der Waals surface area (Å²) in [5.41, 5.74) is 10.8. The maximum Gasteiger partial charge on any atom is 0.326 e. The van der Waals surface area contributed by atoms with Crippen LogP contribution in [0.5, 0.6) is 0 Å². The highest BCUT2D eigenvalue weighted by atomic mass is 32.2. The van der Waals surface area contributed by atoms with Gasteiger partial charge in [0.1, 0.15) is 18.1 Å². The van der Waals surface area contributed by atoms with E-state index in [4.69, 9.17) is 16.6 Å². The summed E-state index contributed by atoms with van der Waals surface area (Å²) in [5, 5.41) is 25.3. The van der Waals surface area contributed by atoms with Crippen LogP contribution in [0.25, 0.3) is 0 Å². The van der Waals surface area contributed by atoms with Crippen molar-refractivity contribution in [3.05, 3.63) is 0 Å². The summed E-state index contributed by atoms with van der Waals surface area (Å²) in [6.07, 6.45) is 0.954. The molecule has 4 amide bonds. The first-order valence-electron chi connectivity index (χ1n) is 10.2. The Balaban J connectivity index is 5.44. The zero-order valence-electron chi connectivity index (χ0n) is 18.8. The summed E-state index contributed by atoms with van der Waals surface area (Å²) >= 11 is 1.39. The van der Waals surface area contributed by atoms with Crippen LogP contribution in [-0.2, 0) is 28.8 Å². The second-order valence-corrected chi connectivity index (χ2v) is 8.67. The van der Waals surface area contributed by atoms with Gasteiger partial charge in [0.25, 0.3) is 0 Å². The second kappa shape index (κ2) is 15.1. The van der Waals surface area contributed by atoms with Crippen LogP contribution in [0, 0.1) is 5.92 Å². The molecule has 188 valence electrons. The Kier molecular flexibility index (Phi) is 13.7. The standard InChI is InChI=1S/C19H33N5O8S/c1-9(2)15(19(31)32)24-18(30)12(8-14(26)27)23-17(29)11(6-7-33-3)22-16(28)10(20)4-5-13(21)25/h9-12,15H,4-8,20H2,1-3H3,(H2,21,25)(H,22,28)(H,23,29)(H,24,30)(H,26,27)(H,31,32). The maximum atomic E-state index is 12.8. The van der Waals surface area contributed by atoms with E-state index in [0.717, 1.165) is 0 Å². The number of aliphatic carboxylic acids is 2. The zero-order valence-corrected chi connectivity index (χ0v) is 19.6. The van der Waals surface area contributed by atoms with E-state index in [9.17, 15) is 33.9 Å². The van der Waals surface area contributed by atoms with E-state index in [0.29, 0.717) is 5.75 Å². The molecule has 0 aromatic carbocycles. The minimum atomic E-state index is -1.58. The molecule has 0 fully saturated rings. The van der Waals surface area contributed by atoms with Crippen LogP contribution in [0.2, 0.25) is 0 Å². The second-order valence-electron chi connectivity index (χ2n) is 7.68. The minimum absolute atomic E-state index is 0.0339. The van der Waals surface area contributed by atoms with Crippen molar-refractivity contribution in [2.24, 2.45) is 17.4 Å². The lowest BCUT2D eigenvalue weighted by Gasteiger charge is -2.25. The number of hydrogen-bond acceptors (Lipinski definition) is 8. The molecule has 0 rings (SSSR count). The van der Waals surface area contributed by atoms with Crippen molar-refractivity contribution >= 4 is 47.3 Å². The molecule has 0 radical (unpaired) electrons. The first-order valence-corrected chi connectivity index (χ1v) is 11.6. The lowest BCUT2D eigenvalue weighted by molar-refractivity contribution is -0.144. The molecule has 14 heteroatoms. The fourth-order valence-corrected chi connectivity index (χ4v) is 3.11. The fourth-order valence-electron chi connectivity index (χ4n) is 2.64. The molecule has 0 spiro atoms. The molecule has 0 aliphatic rings. The van der Waals surface area contributed by atoms with Gasteiger partial charge >= 0.3 is 11.9 Å². The number of carbonyl (C=O) groups is 6. The lowest BCUT2D eigenvalue weighted by atomic mass is 10.0. The van der Waals surface area contributed by atoms with Gasteiger partial charge in [0, 0.05) is 6.42 Å². The Hall–Kier alpha value is -2.87. The van der Waals surface area contributed by atoms with Crippen molar-refractivity contribution in [1.82, 2.24) is 16.0 Å². The predicted molar refractivity (Wildman–Crippen MR) is 120 cm³/mol.